The molecular formula is C13H22O4. The van der Waals surface area contributed by atoms with Crippen LogP contribution >= 0.6 is 0 Å². The number of fused-ring (bicyclic) bond motifs is 1. The van der Waals surface area contributed by atoms with Crippen molar-refractivity contribution in [2.45, 2.75) is 57.3 Å². The quantitative estimate of drug-likeness (QED) is 0.709. The molecule has 1 saturated carbocycles. The van der Waals surface area contributed by atoms with Crippen molar-refractivity contribution in [3.63, 3.8) is 0 Å². The van der Waals surface area contributed by atoms with Crippen LogP contribution < -0.4 is 0 Å². The largest absolute Gasteiger partial charge is 0.466 e. The van der Waals surface area contributed by atoms with Gasteiger partial charge in [0.15, 0.2) is 6.29 Å². The molecule has 17 heavy (non-hydrogen) atoms. The third kappa shape index (κ3) is 2.63. The van der Waals surface area contributed by atoms with Crippen molar-refractivity contribution >= 4 is 5.97 Å². The van der Waals surface area contributed by atoms with E-state index in [9.17, 15) is 4.79 Å². The van der Waals surface area contributed by atoms with Gasteiger partial charge in [0.25, 0.3) is 0 Å². The third-order valence-corrected chi connectivity index (χ3v) is 4.03. The van der Waals surface area contributed by atoms with Crippen molar-refractivity contribution < 1.29 is 19.0 Å². The molecule has 98 valence electrons. The molecule has 2 fully saturated rings. The SMILES string of the molecule is CCOC(=O)C[C@@]12CCC[C@@H]1CC[C@H](OC)O2. The number of hydrogen-bond donors (Lipinski definition) is 0. The second-order valence-corrected chi connectivity index (χ2v) is 5.00. The molecule has 4 heteroatoms. The monoisotopic (exact) mass is 242 g/mol. The molecule has 2 aliphatic rings. The van der Waals surface area contributed by atoms with Gasteiger partial charge in [-0.25, -0.2) is 0 Å². The highest BCUT2D eigenvalue weighted by Gasteiger charge is 2.49. The average molecular weight is 242 g/mol. The van der Waals surface area contributed by atoms with Gasteiger partial charge in [0.1, 0.15) is 0 Å². The Bertz CT molecular complexity index is 279. The van der Waals surface area contributed by atoms with Crippen LogP contribution in [0.5, 0.6) is 0 Å². The molecule has 1 saturated heterocycles. The van der Waals surface area contributed by atoms with Crippen LogP contribution in [0.2, 0.25) is 0 Å². The summed E-state index contributed by atoms with van der Waals surface area (Å²) in [6.45, 7) is 2.27. The average Bonchev–Trinajstić information content (AvgIpc) is 2.71. The zero-order valence-corrected chi connectivity index (χ0v) is 10.7. The highest BCUT2D eigenvalue weighted by Crippen LogP contribution is 2.48. The maximum Gasteiger partial charge on any atom is 0.308 e. The molecule has 3 atom stereocenters. The van der Waals surface area contributed by atoms with Crippen molar-refractivity contribution in [1.82, 2.24) is 0 Å². The molecule has 0 radical (unpaired) electrons. The predicted octanol–water partition coefficient (Wildman–Crippen LogP) is 2.26. The molecule has 1 aliphatic carbocycles. The summed E-state index contributed by atoms with van der Waals surface area (Å²) in [6, 6.07) is 0. The molecule has 0 aromatic heterocycles. The lowest BCUT2D eigenvalue weighted by molar-refractivity contribution is -0.243. The molecule has 0 bridgehead atoms. The Morgan fingerprint density at radius 3 is 2.94 bits per heavy atom. The first-order valence-corrected chi connectivity index (χ1v) is 6.56. The second-order valence-electron chi connectivity index (χ2n) is 5.00. The summed E-state index contributed by atoms with van der Waals surface area (Å²) in [5.41, 5.74) is -0.314. The summed E-state index contributed by atoms with van der Waals surface area (Å²) in [4.78, 5) is 11.7. The third-order valence-electron chi connectivity index (χ3n) is 4.03. The van der Waals surface area contributed by atoms with Gasteiger partial charge in [-0.1, -0.05) is 6.42 Å². The number of carbonyl (C=O) groups is 1. The maximum absolute atomic E-state index is 11.7. The molecular weight excluding hydrogens is 220 g/mol. The van der Waals surface area contributed by atoms with Gasteiger partial charge < -0.3 is 14.2 Å². The van der Waals surface area contributed by atoms with Gasteiger partial charge in [0.05, 0.1) is 18.6 Å². The lowest BCUT2D eigenvalue weighted by Gasteiger charge is -2.42. The Morgan fingerprint density at radius 2 is 2.24 bits per heavy atom. The fourth-order valence-electron chi connectivity index (χ4n) is 3.23. The van der Waals surface area contributed by atoms with Gasteiger partial charge in [0, 0.05) is 7.11 Å². The smallest absolute Gasteiger partial charge is 0.308 e. The lowest BCUT2D eigenvalue weighted by atomic mass is 9.82. The Labute approximate surface area is 103 Å². The molecule has 4 nitrogen and oxygen atoms in total. The first-order chi connectivity index (χ1) is 8.20. The minimum atomic E-state index is -0.314. The number of carbonyl (C=O) groups excluding carboxylic acids is 1. The zero-order valence-electron chi connectivity index (χ0n) is 10.7. The van der Waals surface area contributed by atoms with Gasteiger partial charge in [0.2, 0.25) is 0 Å². The van der Waals surface area contributed by atoms with Crippen LogP contribution in [0.3, 0.4) is 0 Å². The summed E-state index contributed by atoms with van der Waals surface area (Å²) >= 11 is 0. The van der Waals surface area contributed by atoms with E-state index in [-0.39, 0.29) is 17.9 Å². The van der Waals surface area contributed by atoms with Crippen LogP contribution in [-0.2, 0) is 19.0 Å². The van der Waals surface area contributed by atoms with E-state index in [1.807, 2.05) is 6.92 Å². The van der Waals surface area contributed by atoms with Gasteiger partial charge in [-0.2, -0.15) is 0 Å². The summed E-state index contributed by atoms with van der Waals surface area (Å²) < 4.78 is 16.4. The molecule has 0 amide bonds. The number of methoxy groups -OCH3 is 1. The van der Waals surface area contributed by atoms with Gasteiger partial charge in [-0.15, -0.1) is 0 Å². The Balaban J connectivity index is 2.04. The minimum Gasteiger partial charge on any atom is -0.466 e. The first-order valence-electron chi connectivity index (χ1n) is 6.56. The molecule has 0 aromatic rings. The van der Waals surface area contributed by atoms with Crippen LogP contribution in [0.4, 0.5) is 0 Å². The molecule has 0 N–H and O–H groups in total. The number of hydrogen-bond acceptors (Lipinski definition) is 4. The van der Waals surface area contributed by atoms with Crippen molar-refractivity contribution in [3.8, 4) is 0 Å². The Kier molecular flexibility index (Phi) is 4.05. The molecule has 0 spiro atoms. The standard InChI is InChI=1S/C13H22O4/c1-3-16-11(14)9-13-8-4-5-10(13)6-7-12(15-2)17-13/h10,12H,3-9H2,1-2H3/t10-,12-,13+/m1/s1. The van der Waals surface area contributed by atoms with Gasteiger partial charge in [-0.05, 0) is 38.5 Å². The van der Waals surface area contributed by atoms with E-state index in [2.05, 4.69) is 0 Å². The lowest BCUT2D eigenvalue weighted by Crippen LogP contribution is -2.46. The fraction of sp³-hybridized carbons (Fsp3) is 0.923. The van der Waals surface area contributed by atoms with Crippen molar-refractivity contribution in [2.24, 2.45) is 5.92 Å². The predicted molar refractivity (Wildman–Crippen MR) is 62.4 cm³/mol. The van der Waals surface area contributed by atoms with E-state index < -0.39 is 0 Å². The van der Waals surface area contributed by atoms with Gasteiger partial charge >= 0.3 is 5.97 Å². The second kappa shape index (κ2) is 5.36. The zero-order chi connectivity index (χ0) is 12.3. The van der Waals surface area contributed by atoms with Crippen LogP contribution in [0.15, 0.2) is 0 Å². The Morgan fingerprint density at radius 1 is 1.41 bits per heavy atom. The number of rotatable bonds is 4. The normalized spacial score (nSPS) is 36.6. The van der Waals surface area contributed by atoms with Crippen LogP contribution in [0.25, 0.3) is 0 Å². The van der Waals surface area contributed by atoms with E-state index in [1.165, 1.54) is 0 Å². The minimum absolute atomic E-state index is 0.142. The van der Waals surface area contributed by atoms with E-state index in [0.29, 0.717) is 18.9 Å². The van der Waals surface area contributed by atoms with Crippen LogP contribution in [0, 0.1) is 5.92 Å². The summed E-state index contributed by atoms with van der Waals surface area (Å²) in [5, 5.41) is 0. The van der Waals surface area contributed by atoms with E-state index in [1.54, 1.807) is 7.11 Å². The summed E-state index contributed by atoms with van der Waals surface area (Å²) in [6.07, 6.45) is 5.51. The number of esters is 1. The molecule has 2 rings (SSSR count). The van der Waals surface area contributed by atoms with E-state index in [4.69, 9.17) is 14.2 Å². The first kappa shape index (κ1) is 12.8. The summed E-state index contributed by atoms with van der Waals surface area (Å²) in [5.74, 6) is 0.356. The number of ether oxygens (including phenoxy) is 3. The molecule has 0 unspecified atom stereocenters. The molecule has 0 aromatic carbocycles. The Hall–Kier alpha value is -0.610. The van der Waals surface area contributed by atoms with Crippen molar-refractivity contribution in [3.05, 3.63) is 0 Å². The fourth-order valence-corrected chi connectivity index (χ4v) is 3.23. The molecule has 1 aliphatic heterocycles. The van der Waals surface area contributed by atoms with Crippen molar-refractivity contribution in [2.75, 3.05) is 13.7 Å². The summed E-state index contributed by atoms with van der Waals surface area (Å²) in [7, 11) is 1.66. The van der Waals surface area contributed by atoms with Crippen LogP contribution in [0.1, 0.15) is 45.4 Å². The maximum atomic E-state index is 11.7. The van der Waals surface area contributed by atoms with E-state index >= 15 is 0 Å². The highest BCUT2D eigenvalue weighted by molar-refractivity contribution is 5.70. The van der Waals surface area contributed by atoms with Gasteiger partial charge in [-0.3, -0.25) is 4.79 Å². The van der Waals surface area contributed by atoms with Crippen molar-refractivity contribution in [1.29, 1.82) is 0 Å². The van der Waals surface area contributed by atoms with Crippen LogP contribution in [-0.4, -0.2) is 31.6 Å². The van der Waals surface area contributed by atoms with E-state index in [0.717, 1.165) is 32.1 Å². The highest BCUT2D eigenvalue weighted by atomic mass is 16.7. The topological polar surface area (TPSA) is 44.8 Å². The molecule has 1 heterocycles.